The molecular formula is C25H34N2O3S. The predicted molar refractivity (Wildman–Crippen MR) is 125 cm³/mol. The second-order valence-corrected chi connectivity index (χ2v) is 10.6. The molecule has 0 aliphatic carbocycles. The molecule has 5 nitrogen and oxygen atoms in total. The van der Waals surface area contributed by atoms with Crippen molar-refractivity contribution in [2.24, 2.45) is 5.92 Å². The zero-order valence-electron chi connectivity index (χ0n) is 19.0. The van der Waals surface area contributed by atoms with Crippen LogP contribution in [0.2, 0.25) is 0 Å². The average Bonchev–Trinajstić information content (AvgIpc) is 2.71. The monoisotopic (exact) mass is 442 g/mol. The zero-order valence-corrected chi connectivity index (χ0v) is 19.8. The molecule has 2 aromatic rings. The highest BCUT2D eigenvalue weighted by Crippen LogP contribution is 2.26. The first-order valence-corrected chi connectivity index (χ1v) is 12.6. The van der Waals surface area contributed by atoms with Gasteiger partial charge in [-0.25, -0.2) is 13.1 Å². The van der Waals surface area contributed by atoms with Gasteiger partial charge in [-0.2, -0.15) is 0 Å². The minimum atomic E-state index is -3.65. The Hall–Kier alpha value is -2.18. The molecule has 0 saturated carbocycles. The third kappa shape index (κ3) is 5.74. The van der Waals surface area contributed by atoms with Gasteiger partial charge in [0.1, 0.15) is 0 Å². The molecule has 168 valence electrons. The molecule has 0 radical (unpaired) electrons. The molecule has 1 amide bonds. The molecule has 6 heteroatoms. The van der Waals surface area contributed by atoms with Crippen molar-refractivity contribution < 1.29 is 13.2 Å². The van der Waals surface area contributed by atoms with Crippen LogP contribution in [0.3, 0.4) is 0 Å². The maximum absolute atomic E-state index is 13.3. The van der Waals surface area contributed by atoms with Gasteiger partial charge in [0, 0.05) is 19.6 Å². The largest absolute Gasteiger partial charge is 0.342 e. The van der Waals surface area contributed by atoms with Gasteiger partial charge in [0.15, 0.2) is 0 Å². The lowest BCUT2D eigenvalue weighted by atomic mass is 9.92. The Morgan fingerprint density at radius 1 is 1.06 bits per heavy atom. The number of nitrogens with zero attached hydrogens (tertiary/aromatic N) is 1. The molecule has 1 saturated heterocycles. The number of aryl methyl sites for hydroxylation is 3. The third-order valence-corrected chi connectivity index (χ3v) is 7.96. The van der Waals surface area contributed by atoms with Crippen molar-refractivity contribution in [3.63, 3.8) is 0 Å². The number of likely N-dealkylation sites (tertiary alicyclic amines) is 1. The summed E-state index contributed by atoms with van der Waals surface area (Å²) in [6.07, 6.45) is 2.47. The first kappa shape index (κ1) is 23.5. The quantitative estimate of drug-likeness (QED) is 0.694. The SMILES string of the molecule is Cc1cc(C)c(S(=O)(=O)NCCC(C(=O)N2CCC(C)CC2)c2ccccc2)c(C)c1. The molecule has 0 bridgehead atoms. The number of rotatable bonds is 7. The lowest BCUT2D eigenvalue weighted by molar-refractivity contribution is -0.134. The van der Waals surface area contributed by atoms with Gasteiger partial charge in [-0.3, -0.25) is 4.79 Å². The highest BCUT2D eigenvalue weighted by atomic mass is 32.2. The molecule has 1 unspecified atom stereocenters. The summed E-state index contributed by atoms with van der Waals surface area (Å²) in [5, 5.41) is 0. The van der Waals surface area contributed by atoms with Gasteiger partial charge in [-0.05, 0) is 62.6 Å². The van der Waals surface area contributed by atoms with Crippen LogP contribution in [-0.2, 0) is 14.8 Å². The van der Waals surface area contributed by atoms with E-state index in [1.165, 1.54) is 0 Å². The molecular weight excluding hydrogens is 408 g/mol. The molecule has 1 N–H and O–H groups in total. The Labute approximate surface area is 186 Å². The highest BCUT2D eigenvalue weighted by molar-refractivity contribution is 7.89. The molecule has 1 fully saturated rings. The van der Waals surface area contributed by atoms with Crippen molar-refractivity contribution in [2.45, 2.75) is 57.8 Å². The molecule has 2 aromatic carbocycles. The summed E-state index contributed by atoms with van der Waals surface area (Å²) in [6.45, 7) is 9.59. The van der Waals surface area contributed by atoms with Crippen LogP contribution >= 0.6 is 0 Å². The van der Waals surface area contributed by atoms with E-state index < -0.39 is 10.0 Å². The van der Waals surface area contributed by atoms with Crippen molar-refractivity contribution >= 4 is 15.9 Å². The van der Waals surface area contributed by atoms with Crippen LogP contribution in [-0.4, -0.2) is 38.9 Å². The normalized spacial score (nSPS) is 16.3. The summed E-state index contributed by atoms with van der Waals surface area (Å²) < 4.78 is 28.8. The lowest BCUT2D eigenvalue weighted by Gasteiger charge is -2.33. The van der Waals surface area contributed by atoms with E-state index in [0.29, 0.717) is 17.2 Å². The zero-order chi connectivity index (χ0) is 22.6. The number of carbonyl (C=O) groups is 1. The summed E-state index contributed by atoms with van der Waals surface area (Å²) in [7, 11) is -3.65. The summed E-state index contributed by atoms with van der Waals surface area (Å²) >= 11 is 0. The number of carbonyl (C=O) groups excluding carboxylic acids is 1. The minimum Gasteiger partial charge on any atom is -0.342 e. The van der Waals surface area contributed by atoms with Gasteiger partial charge in [0.2, 0.25) is 15.9 Å². The Morgan fingerprint density at radius 3 is 2.23 bits per heavy atom. The van der Waals surface area contributed by atoms with E-state index in [0.717, 1.165) is 48.2 Å². The molecule has 1 aliphatic heterocycles. The van der Waals surface area contributed by atoms with E-state index in [-0.39, 0.29) is 18.4 Å². The minimum absolute atomic E-state index is 0.0972. The summed E-state index contributed by atoms with van der Waals surface area (Å²) in [6, 6.07) is 13.5. The Morgan fingerprint density at radius 2 is 1.65 bits per heavy atom. The molecule has 1 heterocycles. The topological polar surface area (TPSA) is 66.5 Å². The van der Waals surface area contributed by atoms with Crippen LogP contribution in [0.5, 0.6) is 0 Å². The lowest BCUT2D eigenvalue weighted by Crippen LogP contribution is -2.41. The van der Waals surface area contributed by atoms with Crippen LogP contribution in [0.25, 0.3) is 0 Å². The van der Waals surface area contributed by atoms with Gasteiger partial charge in [0.25, 0.3) is 0 Å². The third-order valence-electron chi connectivity index (χ3n) is 6.19. The van der Waals surface area contributed by atoms with Crippen molar-refractivity contribution in [3.8, 4) is 0 Å². The number of amides is 1. The van der Waals surface area contributed by atoms with E-state index >= 15 is 0 Å². The number of piperidine rings is 1. The number of nitrogens with one attached hydrogen (secondary N) is 1. The van der Waals surface area contributed by atoms with Gasteiger partial charge < -0.3 is 4.90 Å². The van der Waals surface area contributed by atoms with Gasteiger partial charge in [0.05, 0.1) is 10.8 Å². The molecule has 3 rings (SSSR count). The predicted octanol–water partition coefficient (Wildman–Crippen LogP) is 4.32. The van der Waals surface area contributed by atoms with E-state index in [2.05, 4.69) is 11.6 Å². The molecule has 0 aromatic heterocycles. The standard InChI is InChI=1S/C25H34N2O3S/c1-18-11-14-27(15-12-18)25(28)23(22-8-6-5-7-9-22)10-13-26-31(29,30)24-20(3)16-19(2)17-21(24)4/h5-9,16-18,23,26H,10-15H2,1-4H3. The van der Waals surface area contributed by atoms with Crippen LogP contribution in [0.1, 0.15) is 54.4 Å². The fraction of sp³-hybridized carbons (Fsp3) is 0.480. The van der Waals surface area contributed by atoms with Crippen LogP contribution in [0.4, 0.5) is 0 Å². The number of hydrogen-bond acceptors (Lipinski definition) is 3. The van der Waals surface area contributed by atoms with E-state index in [4.69, 9.17) is 0 Å². The molecule has 0 spiro atoms. The number of benzene rings is 2. The Kier molecular flexibility index (Phi) is 7.55. The number of sulfonamides is 1. The highest BCUT2D eigenvalue weighted by Gasteiger charge is 2.29. The van der Waals surface area contributed by atoms with Gasteiger partial charge >= 0.3 is 0 Å². The van der Waals surface area contributed by atoms with Crippen LogP contribution in [0.15, 0.2) is 47.4 Å². The smallest absolute Gasteiger partial charge is 0.241 e. The fourth-order valence-corrected chi connectivity index (χ4v) is 6.06. The van der Waals surface area contributed by atoms with Gasteiger partial charge in [-0.1, -0.05) is 55.0 Å². The maximum Gasteiger partial charge on any atom is 0.241 e. The van der Waals surface area contributed by atoms with Crippen molar-refractivity contribution in [1.29, 1.82) is 0 Å². The van der Waals surface area contributed by atoms with Crippen molar-refractivity contribution in [3.05, 3.63) is 64.7 Å². The second kappa shape index (κ2) is 9.96. The Bertz CT molecular complexity index is 987. The van der Waals surface area contributed by atoms with Crippen molar-refractivity contribution in [2.75, 3.05) is 19.6 Å². The van der Waals surface area contributed by atoms with E-state index in [1.807, 2.05) is 68.1 Å². The summed E-state index contributed by atoms with van der Waals surface area (Å²) in [5.41, 5.74) is 3.46. The number of hydrogen-bond donors (Lipinski definition) is 1. The van der Waals surface area contributed by atoms with Crippen molar-refractivity contribution in [1.82, 2.24) is 9.62 Å². The first-order valence-electron chi connectivity index (χ1n) is 11.1. The van der Waals surface area contributed by atoms with Crippen LogP contribution in [0, 0.1) is 26.7 Å². The first-order chi connectivity index (χ1) is 14.7. The van der Waals surface area contributed by atoms with E-state index in [9.17, 15) is 13.2 Å². The second-order valence-electron chi connectivity index (χ2n) is 8.89. The Balaban J connectivity index is 1.74. The fourth-order valence-electron chi connectivity index (χ4n) is 4.57. The summed E-state index contributed by atoms with van der Waals surface area (Å²) in [4.78, 5) is 15.6. The molecule has 1 atom stereocenters. The summed E-state index contributed by atoms with van der Waals surface area (Å²) in [5.74, 6) is 0.393. The average molecular weight is 443 g/mol. The van der Waals surface area contributed by atoms with Crippen LogP contribution < -0.4 is 4.72 Å². The molecule has 1 aliphatic rings. The van der Waals surface area contributed by atoms with E-state index in [1.54, 1.807) is 0 Å². The molecule has 31 heavy (non-hydrogen) atoms. The maximum atomic E-state index is 13.3. The van der Waals surface area contributed by atoms with Gasteiger partial charge in [-0.15, -0.1) is 0 Å².